The Morgan fingerprint density at radius 3 is 1.71 bits per heavy atom. The van der Waals surface area contributed by atoms with Gasteiger partial charge in [0.15, 0.2) is 0 Å². The number of hydrogen-bond acceptors (Lipinski definition) is 2. The fourth-order valence-corrected chi connectivity index (χ4v) is 3.74. The number of halogens is 2. The molecule has 0 N–H and O–H groups in total. The van der Waals surface area contributed by atoms with Crippen LogP contribution in [0.25, 0.3) is 0 Å². The summed E-state index contributed by atoms with van der Waals surface area (Å²) in [4.78, 5) is 0. The molecular weight excluding hydrogens is 310 g/mol. The topological polar surface area (TPSA) is 18.5 Å². The second kappa shape index (κ2) is 6.61. The molecule has 4 rings (SSSR count). The third kappa shape index (κ3) is 3.35. The number of fused-ring (bicyclic) bond motifs is 2. The Morgan fingerprint density at radius 1 is 0.792 bits per heavy atom. The van der Waals surface area contributed by atoms with Crippen molar-refractivity contribution in [3.05, 3.63) is 71.3 Å². The maximum atomic E-state index is 13.3. The highest BCUT2D eigenvalue weighted by Gasteiger charge is 2.36. The summed E-state index contributed by atoms with van der Waals surface area (Å²) < 4.78 is 38.8. The highest BCUT2D eigenvalue weighted by molar-refractivity contribution is 5.30. The van der Waals surface area contributed by atoms with E-state index in [4.69, 9.17) is 9.47 Å². The zero-order valence-electron chi connectivity index (χ0n) is 13.3. The van der Waals surface area contributed by atoms with Crippen LogP contribution in [0.2, 0.25) is 0 Å². The van der Waals surface area contributed by atoms with Crippen LogP contribution < -0.4 is 0 Å². The lowest BCUT2D eigenvalue weighted by atomic mass is 9.99. The average Bonchev–Trinajstić information content (AvgIpc) is 2.93. The number of benzene rings is 2. The fourth-order valence-electron chi connectivity index (χ4n) is 3.74. The number of ether oxygens (including phenoxy) is 2. The van der Waals surface area contributed by atoms with Gasteiger partial charge in [-0.1, -0.05) is 24.3 Å². The molecule has 0 radical (unpaired) electrons. The van der Waals surface area contributed by atoms with Crippen LogP contribution in [-0.2, 0) is 9.47 Å². The molecule has 126 valence electrons. The van der Waals surface area contributed by atoms with E-state index in [-0.39, 0.29) is 36.1 Å². The molecule has 2 saturated heterocycles. The van der Waals surface area contributed by atoms with Gasteiger partial charge in [0, 0.05) is 0 Å². The molecule has 0 saturated carbocycles. The zero-order valence-corrected chi connectivity index (χ0v) is 13.3. The predicted octanol–water partition coefficient (Wildman–Crippen LogP) is 4.78. The van der Waals surface area contributed by atoms with Crippen LogP contribution in [0.3, 0.4) is 0 Å². The summed E-state index contributed by atoms with van der Waals surface area (Å²) in [6.45, 7) is 0. The first-order chi connectivity index (χ1) is 11.7. The highest BCUT2D eigenvalue weighted by Crippen LogP contribution is 2.37. The van der Waals surface area contributed by atoms with Gasteiger partial charge < -0.3 is 9.47 Å². The molecule has 2 heterocycles. The van der Waals surface area contributed by atoms with Crippen LogP contribution in [-0.4, -0.2) is 18.3 Å². The summed E-state index contributed by atoms with van der Waals surface area (Å²) in [6, 6.07) is 12.7. The van der Waals surface area contributed by atoms with Gasteiger partial charge in [-0.05, 0) is 61.1 Å². The van der Waals surface area contributed by atoms with Crippen LogP contribution >= 0.6 is 0 Å². The standard InChI is InChI=1S/C20H20F2O2/c21-15-5-1-13(2-6-15)20(14-3-7-16(22)8-4-14)24-19-11-17-9-10-18(12-19)23-17/h1-8,17-20H,9-12H2/t17-,18+,19?. The largest absolute Gasteiger partial charge is 0.375 e. The first-order valence-corrected chi connectivity index (χ1v) is 8.49. The minimum Gasteiger partial charge on any atom is -0.375 e. The van der Waals surface area contributed by atoms with Gasteiger partial charge in [0.2, 0.25) is 0 Å². The Hall–Kier alpha value is -1.78. The van der Waals surface area contributed by atoms with Gasteiger partial charge >= 0.3 is 0 Å². The summed E-state index contributed by atoms with van der Waals surface area (Å²) in [6.07, 6.45) is 4.33. The van der Waals surface area contributed by atoms with Crippen molar-refractivity contribution in [3.63, 3.8) is 0 Å². The molecule has 2 bridgehead atoms. The molecular formula is C20H20F2O2. The van der Waals surface area contributed by atoms with E-state index in [9.17, 15) is 8.78 Å². The summed E-state index contributed by atoms with van der Waals surface area (Å²) in [7, 11) is 0. The van der Waals surface area contributed by atoms with Crippen LogP contribution in [0, 0.1) is 11.6 Å². The van der Waals surface area contributed by atoms with E-state index in [2.05, 4.69) is 0 Å². The van der Waals surface area contributed by atoms with Crippen molar-refractivity contribution >= 4 is 0 Å². The Bertz CT molecular complexity index is 626. The molecule has 2 fully saturated rings. The van der Waals surface area contributed by atoms with Crippen molar-refractivity contribution in [2.45, 2.75) is 50.1 Å². The predicted molar refractivity (Wildman–Crippen MR) is 86.6 cm³/mol. The van der Waals surface area contributed by atoms with E-state index < -0.39 is 0 Å². The monoisotopic (exact) mass is 330 g/mol. The highest BCUT2D eigenvalue weighted by atomic mass is 19.1. The Labute approximate surface area is 140 Å². The molecule has 24 heavy (non-hydrogen) atoms. The first kappa shape index (κ1) is 15.7. The molecule has 2 nitrogen and oxygen atoms in total. The van der Waals surface area contributed by atoms with Crippen molar-refractivity contribution < 1.29 is 18.3 Å². The van der Waals surface area contributed by atoms with Gasteiger partial charge in [0.25, 0.3) is 0 Å². The van der Waals surface area contributed by atoms with Crippen molar-refractivity contribution in [3.8, 4) is 0 Å². The number of hydrogen-bond donors (Lipinski definition) is 0. The number of rotatable bonds is 4. The second-order valence-corrected chi connectivity index (χ2v) is 6.67. The normalized spacial score (nSPS) is 26.0. The molecule has 3 atom stereocenters. The summed E-state index contributed by atoms with van der Waals surface area (Å²) in [5.74, 6) is -0.554. The van der Waals surface area contributed by atoms with Gasteiger partial charge in [-0.3, -0.25) is 0 Å². The molecule has 4 heteroatoms. The summed E-state index contributed by atoms with van der Waals surface area (Å²) in [5.41, 5.74) is 1.75. The van der Waals surface area contributed by atoms with Crippen LogP contribution in [0.15, 0.2) is 48.5 Å². The van der Waals surface area contributed by atoms with Crippen LogP contribution in [0.4, 0.5) is 8.78 Å². The van der Waals surface area contributed by atoms with E-state index in [0.29, 0.717) is 0 Å². The van der Waals surface area contributed by atoms with Gasteiger partial charge in [-0.25, -0.2) is 8.78 Å². The third-order valence-electron chi connectivity index (χ3n) is 4.92. The molecule has 2 aliphatic rings. The maximum Gasteiger partial charge on any atom is 0.123 e. The molecule has 2 aromatic carbocycles. The van der Waals surface area contributed by atoms with Crippen molar-refractivity contribution in [2.24, 2.45) is 0 Å². The Kier molecular flexibility index (Phi) is 4.33. The lowest BCUT2D eigenvalue weighted by molar-refractivity contribution is -0.0964. The SMILES string of the molecule is Fc1ccc(C(OC2C[C@H]3CC[C@@H](C2)O3)c2ccc(F)cc2)cc1. The van der Waals surface area contributed by atoms with Gasteiger partial charge in [0.1, 0.15) is 17.7 Å². The van der Waals surface area contributed by atoms with Crippen molar-refractivity contribution in [1.29, 1.82) is 0 Å². The van der Waals surface area contributed by atoms with Crippen molar-refractivity contribution in [2.75, 3.05) is 0 Å². The minimum atomic E-state index is -0.325. The van der Waals surface area contributed by atoms with Crippen LogP contribution in [0.5, 0.6) is 0 Å². The van der Waals surface area contributed by atoms with E-state index in [1.165, 1.54) is 24.3 Å². The van der Waals surface area contributed by atoms with E-state index in [1.54, 1.807) is 24.3 Å². The summed E-state index contributed by atoms with van der Waals surface area (Å²) in [5, 5.41) is 0. The van der Waals surface area contributed by atoms with Crippen LogP contribution in [0.1, 0.15) is 42.9 Å². The first-order valence-electron chi connectivity index (χ1n) is 8.49. The molecule has 0 aliphatic carbocycles. The molecule has 0 spiro atoms. The van der Waals surface area contributed by atoms with Crippen molar-refractivity contribution in [1.82, 2.24) is 0 Å². The quantitative estimate of drug-likeness (QED) is 0.803. The van der Waals surface area contributed by atoms with E-state index in [1.807, 2.05) is 0 Å². The zero-order chi connectivity index (χ0) is 16.5. The van der Waals surface area contributed by atoms with Gasteiger partial charge in [-0.2, -0.15) is 0 Å². The molecule has 2 aromatic rings. The minimum absolute atomic E-state index is 0.108. The van der Waals surface area contributed by atoms with E-state index in [0.717, 1.165) is 36.8 Å². The fraction of sp³-hybridized carbons (Fsp3) is 0.400. The summed E-state index contributed by atoms with van der Waals surface area (Å²) >= 11 is 0. The third-order valence-corrected chi connectivity index (χ3v) is 4.92. The van der Waals surface area contributed by atoms with E-state index >= 15 is 0 Å². The lowest BCUT2D eigenvalue weighted by Crippen LogP contribution is -2.31. The lowest BCUT2D eigenvalue weighted by Gasteiger charge is -2.32. The molecule has 0 amide bonds. The second-order valence-electron chi connectivity index (χ2n) is 6.67. The van der Waals surface area contributed by atoms with Gasteiger partial charge in [0.05, 0.1) is 18.3 Å². The van der Waals surface area contributed by atoms with Gasteiger partial charge in [-0.15, -0.1) is 0 Å². The maximum absolute atomic E-state index is 13.3. The average molecular weight is 330 g/mol. The molecule has 0 aromatic heterocycles. The molecule has 1 unspecified atom stereocenters. The molecule has 2 aliphatic heterocycles. The Balaban J connectivity index is 1.60. The smallest absolute Gasteiger partial charge is 0.123 e. The Morgan fingerprint density at radius 2 is 1.25 bits per heavy atom.